The van der Waals surface area contributed by atoms with Gasteiger partial charge < -0.3 is 4.74 Å². The van der Waals surface area contributed by atoms with Crippen LogP contribution in [-0.2, 0) is 30.7 Å². The topological polar surface area (TPSA) is 63.7 Å². The monoisotopic (exact) mass is 621 g/mol. The van der Waals surface area contributed by atoms with E-state index in [-0.39, 0.29) is 12.2 Å². The summed E-state index contributed by atoms with van der Waals surface area (Å²) in [5, 5.41) is 0.869. The van der Waals surface area contributed by atoms with Crippen LogP contribution in [0.25, 0.3) is 0 Å². The maximum Gasteiger partial charge on any atom is 0.338 e. The summed E-state index contributed by atoms with van der Waals surface area (Å²) in [6.07, 6.45) is 0. The van der Waals surface area contributed by atoms with E-state index in [9.17, 15) is 14.4 Å². The van der Waals surface area contributed by atoms with Crippen LogP contribution in [0.4, 0.5) is 5.69 Å². The second-order valence-corrected chi connectivity index (χ2v) is 12.4. The Labute approximate surface area is 255 Å². The van der Waals surface area contributed by atoms with Crippen LogP contribution in [0.3, 0.4) is 0 Å². The highest BCUT2D eigenvalue weighted by Gasteiger charge is 2.73. The zero-order valence-corrected chi connectivity index (χ0v) is 24.1. The van der Waals surface area contributed by atoms with Crippen LogP contribution < -0.4 is 4.90 Å². The number of benzene rings is 4. The Balaban J connectivity index is 1.21. The minimum Gasteiger partial charge on any atom is -0.457 e. The summed E-state index contributed by atoms with van der Waals surface area (Å²) in [5.41, 5.74) is 4.12. The Bertz CT molecular complexity index is 1670. The molecule has 204 valence electrons. The summed E-state index contributed by atoms with van der Waals surface area (Å²) in [6.45, 7) is -0.0419. The molecule has 1 heterocycles. The van der Waals surface area contributed by atoms with E-state index in [0.29, 0.717) is 21.3 Å². The van der Waals surface area contributed by atoms with Gasteiger partial charge in [-0.3, -0.25) is 9.59 Å². The second-order valence-electron chi connectivity index (χ2n) is 10.3. The number of hydrogen-bond acceptors (Lipinski definition) is 4. The van der Waals surface area contributed by atoms with Crippen LogP contribution in [0, 0.1) is 11.8 Å². The molecule has 4 aromatic rings. The number of halogens is 4. The lowest BCUT2D eigenvalue weighted by Gasteiger charge is -2.54. The fourth-order valence-corrected chi connectivity index (χ4v) is 8.09. The smallest absolute Gasteiger partial charge is 0.338 e. The van der Waals surface area contributed by atoms with Crippen LogP contribution in [0.15, 0.2) is 91.0 Å². The van der Waals surface area contributed by atoms with E-state index in [1.165, 1.54) is 12.1 Å². The summed E-state index contributed by atoms with van der Waals surface area (Å²) in [7, 11) is 0. The molecule has 3 aliphatic carbocycles. The first-order chi connectivity index (χ1) is 19.7. The Morgan fingerprint density at radius 2 is 1.22 bits per heavy atom. The van der Waals surface area contributed by atoms with E-state index in [1.54, 1.807) is 30.3 Å². The molecule has 0 unspecified atom stereocenters. The number of rotatable bonds is 4. The van der Waals surface area contributed by atoms with Crippen molar-refractivity contribution in [3.63, 3.8) is 0 Å². The highest BCUT2D eigenvalue weighted by molar-refractivity contribution is 6.38. The number of ether oxygens (including phenoxy) is 1. The Kier molecular flexibility index (Phi) is 6.04. The molecule has 1 fully saturated rings. The van der Waals surface area contributed by atoms with Crippen molar-refractivity contribution in [1.29, 1.82) is 0 Å². The van der Waals surface area contributed by atoms with Gasteiger partial charge in [0.2, 0.25) is 11.8 Å². The van der Waals surface area contributed by atoms with E-state index < -0.39 is 39.4 Å². The molecule has 4 aliphatic rings. The highest BCUT2D eigenvalue weighted by Crippen LogP contribution is 2.69. The van der Waals surface area contributed by atoms with Crippen LogP contribution in [0.2, 0.25) is 10.0 Å². The van der Waals surface area contributed by atoms with Gasteiger partial charge >= 0.3 is 5.97 Å². The van der Waals surface area contributed by atoms with Crippen LogP contribution in [0.5, 0.6) is 0 Å². The fraction of sp³-hybridized carbons (Fsp3) is 0.156. The summed E-state index contributed by atoms with van der Waals surface area (Å²) < 4.78 is 5.41. The number of amides is 2. The minimum absolute atomic E-state index is 0.0419. The van der Waals surface area contributed by atoms with Crippen LogP contribution >= 0.6 is 46.4 Å². The highest BCUT2D eigenvalue weighted by atomic mass is 35.5. The van der Waals surface area contributed by atoms with Gasteiger partial charge in [0, 0.05) is 15.6 Å². The largest absolute Gasteiger partial charge is 0.457 e. The van der Waals surface area contributed by atoms with Gasteiger partial charge in [-0.2, -0.15) is 0 Å². The SMILES string of the molecule is O=C(OCc1ccc(Cl)cc1Cl)c1ccc(N2C(=O)[C@H]3[C@H](C2=O)C2(Cl)c4ccccc4C3(Cl)c3ccccc32)cc1. The third-order valence-corrected chi connectivity index (χ3v) is 10.2. The molecule has 2 bridgehead atoms. The van der Waals surface area contributed by atoms with Crippen molar-refractivity contribution in [3.05, 3.63) is 134 Å². The van der Waals surface area contributed by atoms with E-state index in [2.05, 4.69) is 0 Å². The normalized spacial score (nSPS) is 25.5. The molecule has 41 heavy (non-hydrogen) atoms. The van der Waals surface area contributed by atoms with Gasteiger partial charge in [-0.05, 0) is 58.7 Å². The predicted molar refractivity (Wildman–Crippen MR) is 158 cm³/mol. The third kappa shape index (κ3) is 3.59. The molecule has 2 amide bonds. The first kappa shape index (κ1) is 26.5. The van der Waals surface area contributed by atoms with Crippen molar-refractivity contribution >= 4 is 69.9 Å². The molecule has 8 rings (SSSR count). The lowest BCUT2D eigenvalue weighted by atomic mass is 9.54. The van der Waals surface area contributed by atoms with Crippen molar-refractivity contribution in [1.82, 2.24) is 0 Å². The van der Waals surface area contributed by atoms with E-state index in [1.807, 2.05) is 48.5 Å². The van der Waals surface area contributed by atoms with Gasteiger partial charge in [-0.1, -0.05) is 77.8 Å². The summed E-state index contributed by atoms with van der Waals surface area (Å²) in [4.78, 5) is 39.5. The zero-order valence-electron chi connectivity index (χ0n) is 21.1. The number of nitrogens with zero attached hydrogens (tertiary/aromatic N) is 1. The lowest BCUT2D eigenvalue weighted by molar-refractivity contribution is -0.122. The second kappa shape index (κ2) is 9.33. The van der Waals surface area contributed by atoms with Gasteiger partial charge in [0.15, 0.2) is 0 Å². The molecule has 5 nitrogen and oxygen atoms in total. The molecule has 9 heteroatoms. The predicted octanol–water partition coefficient (Wildman–Crippen LogP) is 7.45. The molecular weight excluding hydrogens is 604 g/mol. The van der Waals surface area contributed by atoms with Crippen molar-refractivity contribution in [2.75, 3.05) is 4.90 Å². The van der Waals surface area contributed by atoms with Crippen molar-refractivity contribution in [3.8, 4) is 0 Å². The summed E-state index contributed by atoms with van der Waals surface area (Å²) in [6, 6.07) is 26.0. The van der Waals surface area contributed by atoms with Gasteiger partial charge in [-0.15, -0.1) is 23.2 Å². The van der Waals surface area contributed by atoms with E-state index in [0.717, 1.165) is 27.2 Å². The number of carbonyl (C=O) groups excluding carboxylic acids is 3. The molecule has 0 saturated carbocycles. The van der Waals surface area contributed by atoms with E-state index in [4.69, 9.17) is 51.1 Å². The molecule has 4 aromatic carbocycles. The molecular formula is C32H19Cl4NO4. The maximum absolute atomic E-state index is 14.1. The maximum atomic E-state index is 14.1. The number of carbonyl (C=O) groups is 3. The molecule has 1 saturated heterocycles. The number of anilines is 1. The minimum atomic E-state index is -1.26. The number of hydrogen-bond donors (Lipinski definition) is 0. The van der Waals surface area contributed by atoms with Crippen molar-refractivity contribution in [2.45, 2.75) is 16.4 Å². The Morgan fingerprint density at radius 3 is 1.68 bits per heavy atom. The molecule has 1 aliphatic heterocycles. The Hall–Kier alpha value is -3.35. The van der Waals surface area contributed by atoms with Gasteiger partial charge in [-0.25, -0.2) is 9.69 Å². The quantitative estimate of drug-likeness (QED) is 0.135. The van der Waals surface area contributed by atoms with Crippen molar-refractivity contribution < 1.29 is 19.1 Å². The van der Waals surface area contributed by atoms with Crippen LogP contribution in [-0.4, -0.2) is 17.8 Å². The third-order valence-electron chi connectivity index (χ3n) is 8.32. The molecule has 2 atom stereocenters. The van der Waals surface area contributed by atoms with Gasteiger partial charge in [0.25, 0.3) is 0 Å². The first-order valence-corrected chi connectivity index (χ1v) is 14.3. The Morgan fingerprint density at radius 1 is 0.732 bits per heavy atom. The number of imide groups is 1. The molecule has 0 N–H and O–H groups in total. The molecule has 0 aromatic heterocycles. The average Bonchev–Trinajstić information content (AvgIpc) is 3.26. The van der Waals surface area contributed by atoms with Gasteiger partial charge in [0.05, 0.1) is 23.1 Å². The molecule has 0 radical (unpaired) electrons. The standard InChI is InChI=1S/C32H19Cl4NO4/c33-19-12-9-18(25(34)15-19)16-41-30(40)17-10-13-20(14-11-17)37-28(38)26-27(29(37)39)32(36)22-6-2-1-5-21(22)31(26,35)23-7-3-4-8-24(23)32/h1-15,26-27H,16H2/t26-,27-,31?,32?/m1/s1. The summed E-state index contributed by atoms with van der Waals surface area (Å²) in [5.74, 6) is -3.27. The lowest BCUT2D eigenvalue weighted by Crippen LogP contribution is -2.57. The summed E-state index contributed by atoms with van der Waals surface area (Å²) >= 11 is 27.0. The number of esters is 1. The van der Waals surface area contributed by atoms with E-state index >= 15 is 0 Å². The zero-order chi connectivity index (χ0) is 28.7. The number of alkyl halides is 2. The average molecular weight is 623 g/mol. The first-order valence-electron chi connectivity index (χ1n) is 12.8. The van der Waals surface area contributed by atoms with Crippen LogP contribution in [0.1, 0.15) is 38.2 Å². The van der Waals surface area contributed by atoms with Gasteiger partial charge in [0.1, 0.15) is 16.4 Å². The van der Waals surface area contributed by atoms with Crippen molar-refractivity contribution in [2.24, 2.45) is 11.8 Å². The fourth-order valence-electron chi connectivity index (χ4n) is 6.53. The molecule has 0 spiro atoms.